The van der Waals surface area contributed by atoms with Gasteiger partial charge in [0.05, 0.1) is 25.0 Å². The molecule has 0 spiro atoms. The van der Waals surface area contributed by atoms with Crippen LogP contribution in [-0.4, -0.2) is 35.7 Å². The summed E-state index contributed by atoms with van der Waals surface area (Å²) in [4.78, 5) is 28.0. The standard InChI is InChI=1S/C20H18N2O5.ClH/c1-3-27-20(25)15-11-21-18-14(8-5-9-16(18)26-2)17(15)22-13-7-4-6-12(10-13)19(23)24;/h4-11H,3H2,1-2H3,(H,21,22)(H,23,24);1H. The van der Waals surface area contributed by atoms with E-state index in [0.717, 1.165) is 0 Å². The zero-order valence-electron chi connectivity index (χ0n) is 15.3. The van der Waals surface area contributed by atoms with Crippen LogP contribution in [0.5, 0.6) is 5.75 Å². The van der Waals surface area contributed by atoms with Crippen molar-refractivity contribution in [1.29, 1.82) is 0 Å². The molecule has 0 aliphatic heterocycles. The average molecular weight is 403 g/mol. The highest BCUT2D eigenvalue weighted by atomic mass is 35.5. The molecule has 3 aromatic rings. The van der Waals surface area contributed by atoms with E-state index < -0.39 is 11.9 Å². The number of carbonyl (C=O) groups excluding carboxylic acids is 1. The van der Waals surface area contributed by atoms with Crippen LogP contribution in [0, 0.1) is 0 Å². The summed E-state index contributed by atoms with van der Waals surface area (Å²) < 4.78 is 10.5. The fourth-order valence-electron chi connectivity index (χ4n) is 2.73. The monoisotopic (exact) mass is 402 g/mol. The topological polar surface area (TPSA) is 97.8 Å². The number of methoxy groups -OCH3 is 1. The molecule has 0 bridgehead atoms. The Kier molecular flexibility index (Phi) is 6.79. The van der Waals surface area contributed by atoms with Gasteiger partial charge in [0.2, 0.25) is 0 Å². The van der Waals surface area contributed by atoms with Crippen LogP contribution in [0.2, 0.25) is 0 Å². The predicted molar refractivity (Wildman–Crippen MR) is 108 cm³/mol. The van der Waals surface area contributed by atoms with E-state index in [1.165, 1.54) is 18.3 Å². The molecule has 2 N–H and O–H groups in total. The number of carboxylic acids is 1. The Labute approximate surface area is 167 Å². The number of carbonyl (C=O) groups is 2. The molecule has 1 heterocycles. The highest BCUT2D eigenvalue weighted by molar-refractivity contribution is 6.07. The first kappa shape index (κ1) is 21.0. The number of esters is 1. The molecule has 2 aromatic carbocycles. The number of benzene rings is 2. The fraction of sp³-hybridized carbons (Fsp3) is 0.150. The van der Waals surface area contributed by atoms with Gasteiger partial charge in [-0.3, -0.25) is 4.98 Å². The third-order valence-electron chi connectivity index (χ3n) is 3.95. The van der Waals surface area contributed by atoms with Crippen LogP contribution in [-0.2, 0) is 4.74 Å². The number of para-hydroxylation sites is 1. The lowest BCUT2D eigenvalue weighted by Crippen LogP contribution is -2.09. The maximum atomic E-state index is 12.4. The van der Waals surface area contributed by atoms with E-state index in [0.29, 0.717) is 28.0 Å². The number of aromatic carboxylic acids is 1. The Morgan fingerprint density at radius 3 is 2.61 bits per heavy atom. The number of carboxylic acid groups (broad SMARTS) is 1. The summed E-state index contributed by atoms with van der Waals surface area (Å²) in [5.74, 6) is -0.998. The first-order valence-electron chi connectivity index (χ1n) is 8.28. The fourth-order valence-corrected chi connectivity index (χ4v) is 2.73. The molecule has 0 aliphatic rings. The number of nitrogens with zero attached hydrogens (tertiary/aromatic N) is 1. The SMILES string of the molecule is CCOC(=O)c1cnc2c(OC)cccc2c1Nc1cccc(C(=O)O)c1.Cl. The van der Waals surface area contributed by atoms with E-state index in [-0.39, 0.29) is 30.1 Å². The number of nitrogens with one attached hydrogen (secondary N) is 1. The normalized spacial score (nSPS) is 10.1. The Balaban J connectivity index is 0.00000280. The molecule has 0 unspecified atom stereocenters. The highest BCUT2D eigenvalue weighted by Gasteiger charge is 2.19. The van der Waals surface area contributed by atoms with E-state index in [2.05, 4.69) is 10.3 Å². The molecule has 0 saturated heterocycles. The molecule has 0 aliphatic carbocycles. The van der Waals surface area contributed by atoms with Crippen LogP contribution in [0.3, 0.4) is 0 Å². The van der Waals surface area contributed by atoms with E-state index in [4.69, 9.17) is 9.47 Å². The van der Waals surface area contributed by atoms with Gasteiger partial charge in [-0.2, -0.15) is 0 Å². The number of fused-ring (bicyclic) bond motifs is 1. The molecule has 0 radical (unpaired) electrons. The average Bonchev–Trinajstić information content (AvgIpc) is 2.68. The Morgan fingerprint density at radius 1 is 1.18 bits per heavy atom. The second-order valence-electron chi connectivity index (χ2n) is 5.63. The van der Waals surface area contributed by atoms with Crippen LogP contribution in [0.1, 0.15) is 27.6 Å². The summed E-state index contributed by atoms with van der Waals surface area (Å²) in [5, 5.41) is 13.0. The van der Waals surface area contributed by atoms with Crippen molar-refractivity contribution in [3.8, 4) is 5.75 Å². The number of halogens is 1. The van der Waals surface area contributed by atoms with Crippen molar-refractivity contribution in [3.63, 3.8) is 0 Å². The maximum Gasteiger partial charge on any atom is 0.341 e. The van der Waals surface area contributed by atoms with Crippen molar-refractivity contribution in [2.45, 2.75) is 6.92 Å². The van der Waals surface area contributed by atoms with Crippen molar-refractivity contribution in [2.24, 2.45) is 0 Å². The largest absolute Gasteiger partial charge is 0.494 e. The van der Waals surface area contributed by atoms with Crippen molar-refractivity contribution in [1.82, 2.24) is 4.98 Å². The summed E-state index contributed by atoms with van der Waals surface area (Å²) >= 11 is 0. The lowest BCUT2D eigenvalue weighted by atomic mass is 10.1. The zero-order valence-corrected chi connectivity index (χ0v) is 16.1. The number of hydrogen-bond donors (Lipinski definition) is 2. The number of anilines is 2. The molecule has 28 heavy (non-hydrogen) atoms. The van der Waals surface area contributed by atoms with Crippen molar-refractivity contribution in [3.05, 3.63) is 59.8 Å². The van der Waals surface area contributed by atoms with Crippen LogP contribution < -0.4 is 10.1 Å². The minimum atomic E-state index is -1.04. The van der Waals surface area contributed by atoms with E-state index in [1.807, 2.05) is 0 Å². The third kappa shape index (κ3) is 4.15. The zero-order chi connectivity index (χ0) is 19.4. The Bertz CT molecular complexity index is 1020. The van der Waals surface area contributed by atoms with Crippen molar-refractivity contribution >= 4 is 46.6 Å². The molecular weight excluding hydrogens is 384 g/mol. The Morgan fingerprint density at radius 2 is 1.93 bits per heavy atom. The summed E-state index contributed by atoms with van der Waals surface area (Å²) in [7, 11) is 1.54. The number of hydrogen-bond acceptors (Lipinski definition) is 6. The number of ether oxygens (including phenoxy) is 2. The molecule has 7 nitrogen and oxygen atoms in total. The van der Waals surface area contributed by atoms with E-state index in [1.54, 1.807) is 44.4 Å². The van der Waals surface area contributed by atoms with Gasteiger partial charge in [0, 0.05) is 17.3 Å². The lowest BCUT2D eigenvalue weighted by Gasteiger charge is -2.15. The minimum Gasteiger partial charge on any atom is -0.494 e. The summed E-state index contributed by atoms with van der Waals surface area (Å²) in [6.07, 6.45) is 1.42. The lowest BCUT2D eigenvalue weighted by molar-refractivity contribution is 0.0526. The van der Waals surface area contributed by atoms with Crippen LogP contribution in [0.25, 0.3) is 10.9 Å². The molecule has 3 rings (SSSR count). The van der Waals surface area contributed by atoms with Crippen LogP contribution >= 0.6 is 12.4 Å². The van der Waals surface area contributed by atoms with Gasteiger partial charge in [-0.25, -0.2) is 9.59 Å². The highest BCUT2D eigenvalue weighted by Crippen LogP contribution is 2.34. The molecule has 146 valence electrons. The molecule has 0 fully saturated rings. The molecule has 0 saturated carbocycles. The van der Waals surface area contributed by atoms with E-state index in [9.17, 15) is 14.7 Å². The predicted octanol–water partition coefficient (Wildman–Crippen LogP) is 4.28. The van der Waals surface area contributed by atoms with E-state index >= 15 is 0 Å². The van der Waals surface area contributed by atoms with Crippen LogP contribution in [0.15, 0.2) is 48.7 Å². The molecule has 1 aromatic heterocycles. The van der Waals surface area contributed by atoms with Gasteiger partial charge >= 0.3 is 11.9 Å². The molecule has 8 heteroatoms. The maximum absolute atomic E-state index is 12.4. The van der Waals surface area contributed by atoms with Gasteiger partial charge in [-0.15, -0.1) is 12.4 Å². The Hall–Kier alpha value is -3.32. The smallest absolute Gasteiger partial charge is 0.341 e. The quantitative estimate of drug-likeness (QED) is 0.593. The van der Waals surface area contributed by atoms with Gasteiger partial charge < -0.3 is 19.9 Å². The van der Waals surface area contributed by atoms with Crippen molar-refractivity contribution < 1.29 is 24.2 Å². The summed E-state index contributed by atoms with van der Waals surface area (Å²) in [5.41, 5.74) is 1.95. The van der Waals surface area contributed by atoms with Crippen LogP contribution in [0.4, 0.5) is 11.4 Å². The van der Waals surface area contributed by atoms with Gasteiger partial charge in [-0.05, 0) is 31.2 Å². The molecule has 0 amide bonds. The number of pyridine rings is 1. The number of aromatic nitrogens is 1. The first-order chi connectivity index (χ1) is 13.0. The van der Waals surface area contributed by atoms with Gasteiger partial charge in [0.1, 0.15) is 16.8 Å². The summed E-state index contributed by atoms with van der Waals surface area (Å²) in [6.45, 7) is 1.95. The number of rotatable bonds is 6. The molecular formula is C20H19ClN2O5. The van der Waals surface area contributed by atoms with Gasteiger partial charge in [0.15, 0.2) is 0 Å². The van der Waals surface area contributed by atoms with Crippen molar-refractivity contribution in [2.75, 3.05) is 19.0 Å². The van der Waals surface area contributed by atoms with Gasteiger partial charge in [-0.1, -0.05) is 18.2 Å². The molecule has 0 atom stereocenters. The minimum absolute atomic E-state index is 0. The second-order valence-corrected chi connectivity index (χ2v) is 5.63. The van der Waals surface area contributed by atoms with Gasteiger partial charge in [0.25, 0.3) is 0 Å². The summed E-state index contributed by atoms with van der Waals surface area (Å²) in [6, 6.07) is 11.7. The first-order valence-corrected chi connectivity index (χ1v) is 8.28. The third-order valence-corrected chi connectivity index (χ3v) is 3.95. The second kappa shape index (κ2) is 9.05.